The van der Waals surface area contributed by atoms with Crippen molar-refractivity contribution in [1.82, 2.24) is 4.90 Å². The predicted molar refractivity (Wildman–Crippen MR) is 71.3 cm³/mol. The number of β-amino-alcohol motifs (C(OH)–C–C–N with tert-alkyl or cyclic N) is 1. The molecule has 0 aliphatic carbocycles. The van der Waals surface area contributed by atoms with Crippen LogP contribution in [0.4, 0.5) is 14.5 Å². The Morgan fingerprint density at radius 2 is 2.10 bits per heavy atom. The summed E-state index contributed by atoms with van der Waals surface area (Å²) >= 11 is 0. The molecule has 0 saturated carbocycles. The van der Waals surface area contributed by atoms with Crippen LogP contribution >= 0.6 is 0 Å². The first-order valence-electron chi connectivity index (χ1n) is 6.61. The fraction of sp³-hybridized carbons (Fsp3) is 0.500. The van der Waals surface area contributed by atoms with Crippen molar-refractivity contribution in [3.8, 4) is 0 Å². The second-order valence-electron chi connectivity index (χ2n) is 5.30. The van der Waals surface area contributed by atoms with Crippen molar-refractivity contribution in [2.45, 2.75) is 25.4 Å². The lowest BCUT2D eigenvalue weighted by atomic mass is 9.89. The molecule has 1 amide bonds. The molecule has 1 aromatic carbocycles. The summed E-state index contributed by atoms with van der Waals surface area (Å²) in [6.07, 6.45) is 1.61. The number of nitrogens with zero attached hydrogens (tertiary/aromatic N) is 1. The summed E-state index contributed by atoms with van der Waals surface area (Å²) in [5.41, 5.74) is -0.463. The Kier molecular flexibility index (Phi) is 4.35. The van der Waals surface area contributed by atoms with Gasteiger partial charge in [0.05, 0.1) is 12.1 Å². The second-order valence-corrected chi connectivity index (χ2v) is 5.30. The van der Waals surface area contributed by atoms with Crippen LogP contribution in [0.1, 0.15) is 19.8 Å². The number of aliphatic hydroxyl groups is 1. The van der Waals surface area contributed by atoms with Gasteiger partial charge in [-0.15, -0.1) is 0 Å². The van der Waals surface area contributed by atoms with Crippen LogP contribution in [0, 0.1) is 11.6 Å². The maximum absolute atomic E-state index is 13.0. The number of carbonyl (C=O) groups excluding carboxylic acids is 1. The number of carbonyl (C=O) groups is 1. The minimum Gasteiger partial charge on any atom is -0.387 e. The first kappa shape index (κ1) is 14.9. The minimum atomic E-state index is -0.996. The molecule has 1 aromatic rings. The van der Waals surface area contributed by atoms with Gasteiger partial charge < -0.3 is 10.4 Å². The van der Waals surface area contributed by atoms with Gasteiger partial charge in [0.15, 0.2) is 11.6 Å². The maximum Gasteiger partial charge on any atom is 0.238 e. The third-order valence-electron chi connectivity index (χ3n) is 3.32. The van der Waals surface area contributed by atoms with Gasteiger partial charge in [-0.3, -0.25) is 9.69 Å². The van der Waals surface area contributed by atoms with Gasteiger partial charge in [0.1, 0.15) is 0 Å². The zero-order chi connectivity index (χ0) is 14.8. The average molecular weight is 284 g/mol. The lowest BCUT2D eigenvalue weighted by Crippen LogP contribution is -2.62. The molecule has 2 N–H and O–H groups in total. The van der Waals surface area contributed by atoms with Gasteiger partial charge >= 0.3 is 0 Å². The molecule has 110 valence electrons. The third kappa shape index (κ3) is 3.52. The molecule has 0 bridgehead atoms. The number of anilines is 1. The van der Waals surface area contributed by atoms with Crippen molar-refractivity contribution in [2.75, 3.05) is 25.0 Å². The zero-order valence-corrected chi connectivity index (χ0v) is 11.3. The summed E-state index contributed by atoms with van der Waals surface area (Å²) in [6, 6.07) is 3.21. The molecule has 1 fully saturated rings. The largest absolute Gasteiger partial charge is 0.387 e. The van der Waals surface area contributed by atoms with Gasteiger partial charge in [-0.2, -0.15) is 0 Å². The summed E-state index contributed by atoms with van der Waals surface area (Å²) in [7, 11) is 0. The molecule has 1 aliphatic rings. The maximum atomic E-state index is 13.0. The molecular weight excluding hydrogens is 266 g/mol. The fourth-order valence-electron chi connectivity index (χ4n) is 2.50. The number of benzene rings is 1. The van der Waals surface area contributed by atoms with Gasteiger partial charge in [-0.05, 0) is 18.6 Å². The highest BCUT2D eigenvalue weighted by Crippen LogP contribution is 2.25. The molecule has 20 heavy (non-hydrogen) atoms. The van der Waals surface area contributed by atoms with Crippen LogP contribution in [0.3, 0.4) is 0 Å². The van der Waals surface area contributed by atoms with Crippen LogP contribution in [-0.2, 0) is 4.79 Å². The molecule has 0 aromatic heterocycles. The summed E-state index contributed by atoms with van der Waals surface area (Å²) in [6.45, 7) is 3.06. The summed E-state index contributed by atoms with van der Waals surface area (Å²) in [4.78, 5) is 13.5. The monoisotopic (exact) mass is 284 g/mol. The molecule has 0 unspecified atom stereocenters. The van der Waals surface area contributed by atoms with Crippen LogP contribution in [0.5, 0.6) is 0 Å². The third-order valence-corrected chi connectivity index (χ3v) is 3.32. The Bertz CT molecular complexity index is 502. The van der Waals surface area contributed by atoms with E-state index in [2.05, 4.69) is 5.32 Å². The molecule has 1 saturated heterocycles. The number of hydrogen-bond donors (Lipinski definition) is 2. The Balaban J connectivity index is 1.81. The van der Waals surface area contributed by atoms with Crippen LogP contribution < -0.4 is 5.32 Å². The van der Waals surface area contributed by atoms with E-state index in [-0.39, 0.29) is 18.1 Å². The van der Waals surface area contributed by atoms with Crippen molar-refractivity contribution >= 4 is 11.6 Å². The van der Waals surface area contributed by atoms with Crippen molar-refractivity contribution in [3.05, 3.63) is 29.8 Å². The normalized spacial score (nSPS) is 17.6. The quantitative estimate of drug-likeness (QED) is 0.866. The van der Waals surface area contributed by atoms with Crippen molar-refractivity contribution in [1.29, 1.82) is 0 Å². The van der Waals surface area contributed by atoms with Crippen LogP contribution in [-0.4, -0.2) is 41.1 Å². The molecular formula is C14H18F2N2O2. The second kappa shape index (κ2) is 5.85. The van der Waals surface area contributed by atoms with E-state index in [0.29, 0.717) is 19.5 Å². The first-order chi connectivity index (χ1) is 9.42. The van der Waals surface area contributed by atoms with E-state index in [1.54, 1.807) is 0 Å². The topological polar surface area (TPSA) is 52.6 Å². The molecule has 1 heterocycles. The highest BCUT2D eigenvalue weighted by molar-refractivity contribution is 5.92. The number of likely N-dealkylation sites (tertiary alicyclic amines) is 1. The predicted octanol–water partition coefficient (Wildman–Crippen LogP) is 1.75. The van der Waals surface area contributed by atoms with E-state index < -0.39 is 17.2 Å². The SMILES string of the molecule is CCCC1(O)CN(CC(=O)Nc2ccc(F)c(F)c2)C1. The van der Waals surface area contributed by atoms with Crippen LogP contribution in [0.25, 0.3) is 0 Å². The van der Waals surface area contributed by atoms with Gasteiger partial charge in [-0.1, -0.05) is 13.3 Å². The minimum absolute atomic E-state index is 0.130. The smallest absolute Gasteiger partial charge is 0.238 e. The number of hydrogen-bond acceptors (Lipinski definition) is 3. The molecule has 0 spiro atoms. The lowest BCUT2D eigenvalue weighted by molar-refractivity contribution is -0.129. The molecule has 4 nitrogen and oxygen atoms in total. The number of amides is 1. The van der Waals surface area contributed by atoms with Crippen molar-refractivity contribution in [3.63, 3.8) is 0 Å². The Morgan fingerprint density at radius 1 is 1.40 bits per heavy atom. The Hall–Kier alpha value is -1.53. The fourth-order valence-corrected chi connectivity index (χ4v) is 2.50. The summed E-state index contributed by atoms with van der Waals surface area (Å²) in [5.74, 6) is -2.26. The molecule has 2 rings (SSSR count). The van der Waals surface area contributed by atoms with E-state index >= 15 is 0 Å². The van der Waals surface area contributed by atoms with Crippen LogP contribution in [0.15, 0.2) is 18.2 Å². The van der Waals surface area contributed by atoms with Gasteiger partial charge in [0, 0.05) is 24.8 Å². The molecule has 0 radical (unpaired) electrons. The van der Waals surface area contributed by atoms with E-state index in [1.165, 1.54) is 6.07 Å². The first-order valence-corrected chi connectivity index (χ1v) is 6.61. The average Bonchev–Trinajstić information content (AvgIpc) is 2.32. The van der Waals surface area contributed by atoms with Crippen molar-refractivity contribution < 1.29 is 18.7 Å². The summed E-state index contributed by atoms with van der Waals surface area (Å²) < 4.78 is 25.7. The highest BCUT2D eigenvalue weighted by Gasteiger charge is 2.40. The molecule has 6 heteroatoms. The molecule has 1 aliphatic heterocycles. The highest BCUT2D eigenvalue weighted by atomic mass is 19.2. The number of halogens is 2. The standard InChI is InChI=1S/C14H18F2N2O2/c1-2-5-14(20)8-18(9-14)7-13(19)17-10-3-4-11(15)12(16)6-10/h3-4,6,20H,2,5,7-9H2,1H3,(H,17,19). The van der Waals surface area contributed by atoms with Crippen LogP contribution in [0.2, 0.25) is 0 Å². The van der Waals surface area contributed by atoms with E-state index in [9.17, 15) is 18.7 Å². The number of rotatable bonds is 5. The Labute approximate surface area is 116 Å². The van der Waals surface area contributed by atoms with Gasteiger partial charge in [0.2, 0.25) is 5.91 Å². The summed E-state index contributed by atoms with van der Waals surface area (Å²) in [5, 5.41) is 12.5. The van der Waals surface area contributed by atoms with E-state index in [1.807, 2.05) is 11.8 Å². The molecule has 0 atom stereocenters. The van der Waals surface area contributed by atoms with Crippen molar-refractivity contribution in [2.24, 2.45) is 0 Å². The van der Waals surface area contributed by atoms with Gasteiger partial charge in [-0.25, -0.2) is 8.78 Å². The lowest BCUT2D eigenvalue weighted by Gasteiger charge is -2.46. The zero-order valence-electron chi connectivity index (χ0n) is 11.3. The number of nitrogens with one attached hydrogen (secondary N) is 1. The van der Waals surface area contributed by atoms with Gasteiger partial charge in [0.25, 0.3) is 0 Å². The van der Waals surface area contributed by atoms with E-state index in [0.717, 1.165) is 18.6 Å². The Morgan fingerprint density at radius 3 is 2.70 bits per heavy atom. The van der Waals surface area contributed by atoms with E-state index in [4.69, 9.17) is 0 Å².